The standard InChI is InChI=1S/C10H10N2O3S/c1-2-6(7-4-3-5-16-7)12-9(14)8(13)11-10(12)15/h3-6H,2H2,1H3,(H,11,13,15). The van der Waals surface area contributed by atoms with Crippen molar-refractivity contribution in [2.45, 2.75) is 19.4 Å². The van der Waals surface area contributed by atoms with Gasteiger partial charge in [0.1, 0.15) is 0 Å². The van der Waals surface area contributed by atoms with Crippen LogP contribution >= 0.6 is 11.3 Å². The van der Waals surface area contributed by atoms with E-state index in [1.807, 2.05) is 29.8 Å². The highest BCUT2D eigenvalue weighted by molar-refractivity contribution is 7.10. The number of hydrogen-bond donors (Lipinski definition) is 1. The largest absolute Gasteiger partial charge is 0.332 e. The van der Waals surface area contributed by atoms with Gasteiger partial charge in [-0.15, -0.1) is 11.3 Å². The molecule has 1 saturated heterocycles. The molecule has 6 heteroatoms. The first-order chi connectivity index (χ1) is 7.65. The lowest BCUT2D eigenvalue weighted by Gasteiger charge is -2.21. The van der Waals surface area contributed by atoms with E-state index < -0.39 is 17.8 Å². The normalized spacial score (nSPS) is 17.8. The van der Waals surface area contributed by atoms with E-state index in [0.29, 0.717) is 6.42 Å². The molecule has 84 valence electrons. The van der Waals surface area contributed by atoms with Gasteiger partial charge in [0.2, 0.25) is 0 Å². The van der Waals surface area contributed by atoms with Gasteiger partial charge in [-0.1, -0.05) is 13.0 Å². The highest BCUT2D eigenvalue weighted by atomic mass is 32.1. The molecule has 2 heterocycles. The van der Waals surface area contributed by atoms with Crippen LogP contribution in [0.25, 0.3) is 0 Å². The van der Waals surface area contributed by atoms with Gasteiger partial charge in [-0.2, -0.15) is 0 Å². The zero-order valence-electron chi connectivity index (χ0n) is 8.60. The van der Waals surface area contributed by atoms with E-state index in [0.717, 1.165) is 9.78 Å². The summed E-state index contributed by atoms with van der Waals surface area (Å²) in [5.74, 6) is -1.62. The fourth-order valence-corrected chi connectivity index (χ4v) is 2.59. The predicted molar refractivity (Wildman–Crippen MR) is 57.7 cm³/mol. The van der Waals surface area contributed by atoms with Crippen molar-refractivity contribution >= 4 is 29.2 Å². The summed E-state index contributed by atoms with van der Waals surface area (Å²) in [6, 6.07) is 2.72. The Morgan fingerprint density at radius 1 is 1.44 bits per heavy atom. The zero-order chi connectivity index (χ0) is 11.7. The second kappa shape index (κ2) is 4.05. The number of carbonyl (C=O) groups is 3. The number of imide groups is 2. The van der Waals surface area contributed by atoms with Crippen LogP contribution < -0.4 is 5.32 Å². The highest BCUT2D eigenvalue weighted by Gasteiger charge is 2.41. The fraction of sp³-hybridized carbons (Fsp3) is 0.300. The Morgan fingerprint density at radius 2 is 2.19 bits per heavy atom. The molecule has 1 N–H and O–H groups in total. The fourth-order valence-electron chi connectivity index (χ4n) is 1.69. The molecular weight excluding hydrogens is 228 g/mol. The first-order valence-electron chi connectivity index (χ1n) is 4.87. The molecule has 0 saturated carbocycles. The first kappa shape index (κ1) is 10.8. The summed E-state index contributed by atoms with van der Waals surface area (Å²) in [6.07, 6.45) is 0.590. The van der Waals surface area contributed by atoms with Gasteiger partial charge in [-0.25, -0.2) is 9.69 Å². The van der Waals surface area contributed by atoms with Gasteiger partial charge in [0.05, 0.1) is 6.04 Å². The van der Waals surface area contributed by atoms with E-state index in [9.17, 15) is 14.4 Å². The zero-order valence-corrected chi connectivity index (χ0v) is 9.41. The van der Waals surface area contributed by atoms with E-state index in [-0.39, 0.29) is 6.04 Å². The van der Waals surface area contributed by atoms with Crippen molar-refractivity contribution in [3.63, 3.8) is 0 Å². The Morgan fingerprint density at radius 3 is 2.62 bits per heavy atom. The molecule has 0 bridgehead atoms. The molecule has 2 rings (SSSR count). The average molecular weight is 238 g/mol. The van der Waals surface area contributed by atoms with E-state index >= 15 is 0 Å². The number of amides is 4. The monoisotopic (exact) mass is 238 g/mol. The summed E-state index contributed by atoms with van der Waals surface area (Å²) in [6.45, 7) is 1.87. The van der Waals surface area contributed by atoms with E-state index in [2.05, 4.69) is 0 Å². The Balaban J connectivity index is 2.32. The third-order valence-corrected chi connectivity index (χ3v) is 3.40. The van der Waals surface area contributed by atoms with Crippen LogP contribution in [0, 0.1) is 0 Å². The smallest absolute Gasteiger partial charge is 0.269 e. The maximum absolute atomic E-state index is 11.5. The molecule has 0 aliphatic carbocycles. The van der Waals surface area contributed by atoms with E-state index in [1.54, 1.807) is 0 Å². The number of carbonyl (C=O) groups excluding carboxylic acids is 3. The van der Waals surface area contributed by atoms with Crippen LogP contribution in [0.1, 0.15) is 24.3 Å². The lowest BCUT2D eigenvalue weighted by Crippen LogP contribution is -2.34. The number of nitrogens with one attached hydrogen (secondary N) is 1. The highest BCUT2D eigenvalue weighted by Crippen LogP contribution is 2.29. The molecule has 4 amide bonds. The number of rotatable bonds is 3. The van der Waals surface area contributed by atoms with Gasteiger partial charge in [0.15, 0.2) is 0 Å². The first-order valence-corrected chi connectivity index (χ1v) is 5.75. The van der Waals surface area contributed by atoms with Gasteiger partial charge in [-0.3, -0.25) is 14.9 Å². The van der Waals surface area contributed by atoms with Crippen molar-refractivity contribution in [2.24, 2.45) is 0 Å². The molecule has 5 nitrogen and oxygen atoms in total. The summed E-state index contributed by atoms with van der Waals surface area (Å²) in [7, 11) is 0. The molecule has 0 radical (unpaired) electrons. The summed E-state index contributed by atoms with van der Waals surface area (Å²) in [5.41, 5.74) is 0. The predicted octanol–water partition coefficient (Wildman–Crippen LogP) is 1.28. The molecule has 16 heavy (non-hydrogen) atoms. The second-order valence-electron chi connectivity index (χ2n) is 3.37. The molecule has 1 unspecified atom stereocenters. The van der Waals surface area contributed by atoms with Crippen molar-refractivity contribution in [3.05, 3.63) is 22.4 Å². The van der Waals surface area contributed by atoms with Crippen LogP contribution in [0.3, 0.4) is 0 Å². The van der Waals surface area contributed by atoms with Crippen LogP contribution in [-0.2, 0) is 9.59 Å². The third-order valence-electron chi connectivity index (χ3n) is 2.42. The van der Waals surface area contributed by atoms with Crippen molar-refractivity contribution in [3.8, 4) is 0 Å². The molecule has 1 aliphatic rings. The minimum atomic E-state index is -0.847. The van der Waals surface area contributed by atoms with Crippen LogP contribution in [0.2, 0.25) is 0 Å². The van der Waals surface area contributed by atoms with Crippen molar-refractivity contribution in [2.75, 3.05) is 0 Å². The minimum Gasteiger partial charge on any atom is -0.269 e. The average Bonchev–Trinajstić information content (AvgIpc) is 2.84. The van der Waals surface area contributed by atoms with Gasteiger partial charge in [-0.05, 0) is 17.9 Å². The summed E-state index contributed by atoms with van der Waals surface area (Å²) >= 11 is 1.46. The molecule has 1 aromatic rings. The van der Waals surface area contributed by atoms with E-state index in [4.69, 9.17) is 0 Å². The molecule has 0 spiro atoms. The van der Waals surface area contributed by atoms with Crippen LogP contribution in [0.15, 0.2) is 17.5 Å². The Kier molecular flexibility index (Phi) is 2.74. The molecule has 0 aromatic carbocycles. The SMILES string of the molecule is CCC(c1cccs1)N1C(=O)NC(=O)C1=O. The molecular formula is C10H10N2O3S. The molecule has 1 atom stereocenters. The van der Waals surface area contributed by atoms with Crippen molar-refractivity contribution < 1.29 is 14.4 Å². The lowest BCUT2D eigenvalue weighted by molar-refractivity contribution is -0.141. The number of thiophene rings is 1. The minimum absolute atomic E-state index is 0.348. The van der Waals surface area contributed by atoms with Crippen LogP contribution in [-0.4, -0.2) is 22.7 Å². The molecule has 1 fully saturated rings. The molecule has 1 aromatic heterocycles. The Hall–Kier alpha value is -1.69. The maximum atomic E-state index is 11.5. The molecule has 1 aliphatic heterocycles. The Bertz CT molecular complexity index is 441. The summed E-state index contributed by atoms with van der Waals surface area (Å²) < 4.78 is 0. The second-order valence-corrected chi connectivity index (χ2v) is 4.35. The van der Waals surface area contributed by atoms with E-state index in [1.165, 1.54) is 11.3 Å². The van der Waals surface area contributed by atoms with Gasteiger partial charge >= 0.3 is 17.8 Å². The number of urea groups is 1. The van der Waals surface area contributed by atoms with Crippen molar-refractivity contribution in [1.29, 1.82) is 0 Å². The quantitative estimate of drug-likeness (QED) is 0.637. The van der Waals surface area contributed by atoms with Crippen LogP contribution in [0.4, 0.5) is 4.79 Å². The number of nitrogens with zero attached hydrogens (tertiary/aromatic N) is 1. The summed E-state index contributed by atoms with van der Waals surface area (Å²) in [4.78, 5) is 35.9. The van der Waals surface area contributed by atoms with Crippen LogP contribution in [0.5, 0.6) is 0 Å². The number of hydrogen-bond acceptors (Lipinski definition) is 4. The lowest BCUT2D eigenvalue weighted by atomic mass is 10.1. The Labute approximate surface area is 96.0 Å². The topological polar surface area (TPSA) is 66.5 Å². The van der Waals surface area contributed by atoms with Gasteiger partial charge in [0.25, 0.3) is 0 Å². The summed E-state index contributed by atoms with van der Waals surface area (Å²) in [5, 5.41) is 3.87. The van der Waals surface area contributed by atoms with Gasteiger partial charge < -0.3 is 0 Å². The van der Waals surface area contributed by atoms with Crippen molar-refractivity contribution in [1.82, 2.24) is 10.2 Å². The van der Waals surface area contributed by atoms with Gasteiger partial charge in [0, 0.05) is 4.88 Å². The third kappa shape index (κ3) is 1.61. The maximum Gasteiger partial charge on any atom is 0.332 e.